The van der Waals surface area contributed by atoms with Crippen molar-refractivity contribution in [3.63, 3.8) is 0 Å². The molecule has 1 aliphatic carbocycles. The zero-order chi connectivity index (χ0) is 10.8. The highest BCUT2D eigenvalue weighted by Crippen LogP contribution is 2.23. The van der Waals surface area contributed by atoms with Gasteiger partial charge in [-0.05, 0) is 26.7 Å². The van der Waals surface area contributed by atoms with Crippen molar-refractivity contribution in [1.82, 2.24) is 15.3 Å². The van der Waals surface area contributed by atoms with Gasteiger partial charge in [-0.15, -0.1) is 0 Å². The fourth-order valence-electron chi connectivity index (χ4n) is 2.00. The molecule has 1 heterocycles. The molecule has 0 saturated heterocycles. The molecule has 1 aromatic rings. The van der Waals surface area contributed by atoms with E-state index in [0.29, 0.717) is 6.04 Å². The summed E-state index contributed by atoms with van der Waals surface area (Å²) in [4.78, 5) is 8.54. The predicted molar refractivity (Wildman–Crippen MR) is 57.3 cm³/mol. The average molecular weight is 207 g/mol. The lowest BCUT2D eigenvalue weighted by Crippen LogP contribution is -2.45. The number of aliphatic hydroxyl groups excluding tert-OH is 1. The van der Waals surface area contributed by atoms with Crippen LogP contribution in [0, 0.1) is 6.92 Å². The van der Waals surface area contributed by atoms with Crippen molar-refractivity contribution in [3.05, 3.63) is 23.8 Å². The van der Waals surface area contributed by atoms with Crippen molar-refractivity contribution in [1.29, 1.82) is 0 Å². The van der Waals surface area contributed by atoms with Gasteiger partial charge in [-0.1, -0.05) is 0 Å². The Labute approximate surface area is 89.8 Å². The number of hydrogen-bond donors (Lipinski definition) is 2. The molecular weight excluding hydrogens is 190 g/mol. The summed E-state index contributed by atoms with van der Waals surface area (Å²) in [6.45, 7) is 4.05. The van der Waals surface area contributed by atoms with E-state index in [1.807, 2.05) is 6.92 Å². The van der Waals surface area contributed by atoms with Crippen LogP contribution in [0.5, 0.6) is 0 Å². The Hall–Kier alpha value is -1.00. The topological polar surface area (TPSA) is 58.0 Å². The first-order valence-electron chi connectivity index (χ1n) is 5.38. The fraction of sp³-hybridized carbons (Fsp3) is 0.636. The van der Waals surface area contributed by atoms with Crippen LogP contribution in [-0.4, -0.2) is 27.2 Å². The fourth-order valence-corrected chi connectivity index (χ4v) is 2.00. The molecule has 0 aliphatic heterocycles. The van der Waals surface area contributed by atoms with Crippen LogP contribution in [0.25, 0.3) is 0 Å². The zero-order valence-corrected chi connectivity index (χ0v) is 9.14. The summed E-state index contributed by atoms with van der Waals surface area (Å²) in [5.41, 5.74) is 1.97. The Balaban J connectivity index is 1.96. The molecule has 0 aromatic carbocycles. The van der Waals surface area contributed by atoms with Crippen LogP contribution in [0.4, 0.5) is 0 Å². The number of rotatable bonds is 3. The van der Waals surface area contributed by atoms with Crippen molar-refractivity contribution >= 4 is 0 Å². The smallest absolute Gasteiger partial charge is 0.0782 e. The van der Waals surface area contributed by atoms with Gasteiger partial charge >= 0.3 is 0 Å². The van der Waals surface area contributed by atoms with Gasteiger partial charge in [-0.25, -0.2) is 0 Å². The normalized spacial score (nSPS) is 27.1. The van der Waals surface area contributed by atoms with E-state index in [4.69, 9.17) is 0 Å². The molecule has 2 N–H and O–H groups in total. The van der Waals surface area contributed by atoms with Crippen LogP contribution in [0.3, 0.4) is 0 Å². The first-order chi connectivity index (χ1) is 7.16. The molecule has 82 valence electrons. The molecule has 1 aromatic heterocycles. The summed E-state index contributed by atoms with van der Waals surface area (Å²) in [7, 11) is 0. The van der Waals surface area contributed by atoms with Gasteiger partial charge in [0.05, 0.1) is 17.5 Å². The molecule has 0 bridgehead atoms. The Morgan fingerprint density at radius 1 is 1.40 bits per heavy atom. The minimum absolute atomic E-state index is 0.113. The number of aliphatic hydroxyl groups is 1. The third-order valence-corrected chi connectivity index (χ3v) is 2.93. The minimum Gasteiger partial charge on any atom is -0.393 e. The summed E-state index contributed by atoms with van der Waals surface area (Å²) in [6, 6.07) is 0.632. The first-order valence-corrected chi connectivity index (χ1v) is 5.38. The highest BCUT2D eigenvalue weighted by Gasteiger charge is 2.28. The predicted octanol–water partition coefficient (Wildman–Crippen LogP) is 0.959. The van der Waals surface area contributed by atoms with Gasteiger partial charge in [0.25, 0.3) is 0 Å². The molecule has 4 heteroatoms. The largest absolute Gasteiger partial charge is 0.393 e. The molecule has 2 rings (SSSR count). The molecule has 4 nitrogen and oxygen atoms in total. The van der Waals surface area contributed by atoms with Gasteiger partial charge in [0, 0.05) is 24.5 Å². The number of hydrogen-bond acceptors (Lipinski definition) is 4. The molecule has 1 unspecified atom stereocenters. The summed E-state index contributed by atoms with van der Waals surface area (Å²) in [5.74, 6) is 0. The lowest BCUT2D eigenvalue weighted by Gasteiger charge is -2.34. The van der Waals surface area contributed by atoms with E-state index < -0.39 is 0 Å². The summed E-state index contributed by atoms with van der Waals surface area (Å²) in [5, 5.41) is 12.6. The van der Waals surface area contributed by atoms with Crippen molar-refractivity contribution in [2.24, 2.45) is 0 Å². The lowest BCUT2D eigenvalue weighted by atomic mass is 9.89. The van der Waals surface area contributed by atoms with Crippen molar-refractivity contribution in [3.8, 4) is 0 Å². The number of aromatic nitrogens is 2. The molecule has 0 radical (unpaired) electrons. The van der Waals surface area contributed by atoms with E-state index in [1.165, 1.54) is 0 Å². The highest BCUT2D eigenvalue weighted by atomic mass is 16.3. The van der Waals surface area contributed by atoms with Crippen LogP contribution in [0.1, 0.15) is 37.2 Å². The first kappa shape index (κ1) is 10.5. The van der Waals surface area contributed by atoms with E-state index in [2.05, 4.69) is 22.2 Å². The van der Waals surface area contributed by atoms with Crippen molar-refractivity contribution in [2.45, 2.75) is 44.9 Å². The minimum atomic E-state index is -0.113. The molecule has 1 aliphatic rings. The monoisotopic (exact) mass is 207 g/mol. The van der Waals surface area contributed by atoms with E-state index in [1.54, 1.807) is 12.4 Å². The molecule has 1 atom stereocenters. The average Bonchev–Trinajstić information content (AvgIpc) is 2.16. The van der Waals surface area contributed by atoms with Gasteiger partial charge in [-0.3, -0.25) is 9.97 Å². The highest BCUT2D eigenvalue weighted by molar-refractivity contribution is 5.13. The SMILES string of the molecule is Cc1nccnc1C(C)NC1CC(O)C1. The third kappa shape index (κ3) is 2.33. The van der Waals surface area contributed by atoms with Gasteiger partial charge in [0.2, 0.25) is 0 Å². The Kier molecular flexibility index (Phi) is 2.98. The lowest BCUT2D eigenvalue weighted by molar-refractivity contribution is 0.0583. The van der Waals surface area contributed by atoms with Gasteiger partial charge in [0.15, 0.2) is 0 Å². The third-order valence-electron chi connectivity index (χ3n) is 2.93. The molecular formula is C11H17N3O. The Morgan fingerprint density at radius 3 is 2.67 bits per heavy atom. The van der Waals surface area contributed by atoms with E-state index >= 15 is 0 Å². The Bertz CT molecular complexity index is 336. The zero-order valence-electron chi connectivity index (χ0n) is 9.14. The van der Waals surface area contributed by atoms with Crippen LogP contribution >= 0.6 is 0 Å². The van der Waals surface area contributed by atoms with Crippen LogP contribution < -0.4 is 5.32 Å². The van der Waals surface area contributed by atoms with Crippen molar-refractivity contribution < 1.29 is 5.11 Å². The number of nitrogens with one attached hydrogen (secondary N) is 1. The van der Waals surface area contributed by atoms with Crippen LogP contribution in [0.2, 0.25) is 0 Å². The molecule has 0 amide bonds. The number of nitrogens with zero attached hydrogens (tertiary/aromatic N) is 2. The maximum Gasteiger partial charge on any atom is 0.0782 e. The van der Waals surface area contributed by atoms with E-state index in [-0.39, 0.29) is 12.1 Å². The van der Waals surface area contributed by atoms with Gasteiger partial charge in [-0.2, -0.15) is 0 Å². The summed E-state index contributed by atoms with van der Waals surface area (Å²) >= 11 is 0. The van der Waals surface area contributed by atoms with Gasteiger partial charge in [0.1, 0.15) is 0 Å². The maximum absolute atomic E-state index is 9.19. The van der Waals surface area contributed by atoms with Gasteiger partial charge < -0.3 is 10.4 Å². The van der Waals surface area contributed by atoms with Crippen LogP contribution in [0.15, 0.2) is 12.4 Å². The molecule has 1 fully saturated rings. The second-order valence-electron chi connectivity index (χ2n) is 4.24. The summed E-state index contributed by atoms with van der Waals surface area (Å²) < 4.78 is 0. The second kappa shape index (κ2) is 4.24. The molecule has 0 spiro atoms. The van der Waals surface area contributed by atoms with Crippen LogP contribution in [-0.2, 0) is 0 Å². The molecule has 1 saturated carbocycles. The Morgan fingerprint density at radius 2 is 2.07 bits per heavy atom. The molecule has 15 heavy (non-hydrogen) atoms. The van der Waals surface area contributed by atoms with E-state index in [0.717, 1.165) is 24.2 Å². The van der Waals surface area contributed by atoms with E-state index in [9.17, 15) is 5.11 Å². The standard InChI is InChI=1S/C11H17N3O/c1-7-11(13-4-3-12-7)8(2)14-9-5-10(15)6-9/h3-4,8-10,14-15H,5-6H2,1-2H3. The van der Waals surface area contributed by atoms with Crippen molar-refractivity contribution in [2.75, 3.05) is 0 Å². The number of aryl methyl sites for hydroxylation is 1. The second-order valence-corrected chi connectivity index (χ2v) is 4.24. The maximum atomic E-state index is 9.19. The summed E-state index contributed by atoms with van der Waals surface area (Å²) in [6.07, 6.45) is 5.01. The quantitative estimate of drug-likeness (QED) is 0.775.